The molecule has 4 rings (SSSR count). The lowest BCUT2D eigenvalue weighted by atomic mass is 9.85. The van der Waals surface area contributed by atoms with E-state index in [2.05, 4.69) is 14.9 Å². The van der Waals surface area contributed by atoms with E-state index in [4.69, 9.17) is 0 Å². The molecule has 0 saturated carbocycles. The first-order chi connectivity index (χ1) is 19.1. The van der Waals surface area contributed by atoms with Crippen molar-refractivity contribution in [2.45, 2.75) is 44.9 Å². The van der Waals surface area contributed by atoms with Gasteiger partial charge in [-0.1, -0.05) is 62.4 Å². The Morgan fingerprint density at radius 2 is 1.61 bits per heavy atom. The van der Waals surface area contributed by atoms with E-state index in [1.165, 1.54) is 36.4 Å². The van der Waals surface area contributed by atoms with E-state index in [0.29, 0.717) is 0 Å². The van der Waals surface area contributed by atoms with Gasteiger partial charge in [-0.15, -0.1) is 5.10 Å². The highest BCUT2D eigenvalue weighted by Gasteiger charge is 2.53. The number of sulfonamides is 1. The van der Waals surface area contributed by atoms with E-state index < -0.39 is 52.1 Å². The van der Waals surface area contributed by atoms with Gasteiger partial charge >= 0.3 is 6.18 Å². The largest absolute Gasteiger partial charge is 0.393 e. The highest BCUT2D eigenvalue weighted by Crippen LogP contribution is 2.41. The van der Waals surface area contributed by atoms with E-state index >= 15 is 0 Å². The molecule has 216 valence electrons. The zero-order chi connectivity index (χ0) is 30.1. The minimum atomic E-state index is -4.43. The Balaban J connectivity index is 1.74. The molecule has 2 aromatic carbocycles. The smallest absolute Gasteiger partial charge is 0.293 e. The van der Waals surface area contributed by atoms with E-state index in [1.807, 2.05) is 13.8 Å². The third-order valence-corrected chi connectivity index (χ3v) is 7.31. The van der Waals surface area contributed by atoms with Gasteiger partial charge in [-0.2, -0.15) is 18.3 Å². The number of aromatic nitrogens is 2. The first kappa shape index (κ1) is 30.0. The number of nitrogens with zero attached hydrogens (tertiary/aromatic N) is 3. The van der Waals surface area contributed by atoms with Crippen LogP contribution in [0, 0.1) is 5.92 Å². The normalized spacial score (nSPS) is 17.9. The second-order valence-corrected chi connectivity index (χ2v) is 11.9. The van der Waals surface area contributed by atoms with Crippen molar-refractivity contribution >= 4 is 33.3 Å². The van der Waals surface area contributed by atoms with Crippen LogP contribution >= 0.6 is 0 Å². The van der Waals surface area contributed by atoms with Crippen LogP contribution in [0.3, 0.4) is 0 Å². The Kier molecular flexibility index (Phi) is 8.41. The molecule has 0 radical (unpaired) electrons. The molecule has 1 fully saturated rings. The number of ketones is 2. The molecule has 0 bridgehead atoms. The predicted molar refractivity (Wildman–Crippen MR) is 144 cm³/mol. The summed E-state index contributed by atoms with van der Waals surface area (Å²) in [5, 5.41) is 7.92. The van der Waals surface area contributed by atoms with Gasteiger partial charge in [-0.3, -0.25) is 19.3 Å². The van der Waals surface area contributed by atoms with Gasteiger partial charge in [0.2, 0.25) is 15.8 Å². The molecular formula is C28H27F3N4O5S. The molecule has 2 unspecified atom stereocenters. The van der Waals surface area contributed by atoms with Crippen LogP contribution in [-0.2, 0) is 32.6 Å². The number of hydrogen-bond acceptors (Lipinski definition) is 7. The van der Waals surface area contributed by atoms with Crippen molar-refractivity contribution in [1.29, 1.82) is 0 Å². The van der Waals surface area contributed by atoms with Crippen molar-refractivity contribution in [1.82, 2.24) is 14.9 Å². The van der Waals surface area contributed by atoms with Crippen molar-refractivity contribution in [3.8, 4) is 0 Å². The fourth-order valence-electron chi connectivity index (χ4n) is 4.58. The van der Waals surface area contributed by atoms with E-state index in [0.717, 1.165) is 16.7 Å². The first-order valence-corrected chi connectivity index (χ1v) is 14.5. The number of rotatable bonds is 9. The number of carbonyl (C=O) groups is 3. The number of carbonyl (C=O) groups excluding carboxylic acids is 3. The Hall–Kier alpha value is -3.97. The molecule has 9 nitrogen and oxygen atoms in total. The maximum atomic E-state index is 13.7. The van der Waals surface area contributed by atoms with Crippen LogP contribution in [0.4, 0.5) is 19.0 Å². The third kappa shape index (κ3) is 7.03. The second-order valence-electron chi connectivity index (χ2n) is 10.1. The summed E-state index contributed by atoms with van der Waals surface area (Å²) in [6.45, 7) is 3.79. The lowest BCUT2D eigenvalue weighted by molar-refractivity contribution is -0.135. The van der Waals surface area contributed by atoms with Crippen LogP contribution in [0.2, 0.25) is 0 Å². The zero-order valence-electron chi connectivity index (χ0n) is 22.3. The molecule has 1 aromatic heterocycles. The number of anilines is 1. The topological polar surface area (TPSA) is 126 Å². The lowest BCUT2D eigenvalue weighted by Gasteiger charge is -2.26. The van der Waals surface area contributed by atoms with Gasteiger partial charge in [0, 0.05) is 5.56 Å². The van der Waals surface area contributed by atoms with Crippen LogP contribution < -0.4 is 9.62 Å². The Labute approximate surface area is 234 Å². The minimum absolute atomic E-state index is 0.0295. The van der Waals surface area contributed by atoms with Crippen molar-refractivity contribution < 1.29 is 36.0 Å². The quantitative estimate of drug-likeness (QED) is 0.228. The molecule has 1 N–H and O–H groups in total. The maximum Gasteiger partial charge on any atom is 0.393 e. The van der Waals surface area contributed by atoms with Crippen LogP contribution in [-0.4, -0.2) is 48.5 Å². The van der Waals surface area contributed by atoms with Gasteiger partial charge in [-0.25, -0.2) is 13.1 Å². The summed E-state index contributed by atoms with van der Waals surface area (Å²) in [7, 11) is -3.51. The molecule has 1 aliphatic heterocycles. The number of Topliss-reactive ketones (excluding diaryl/α,β-unsaturated/α-hetero) is 2. The highest BCUT2D eigenvalue weighted by molar-refractivity contribution is 7.88. The van der Waals surface area contributed by atoms with Crippen LogP contribution in [0.15, 0.2) is 60.7 Å². The third-order valence-electron chi connectivity index (χ3n) is 6.64. The van der Waals surface area contributed by atoms with Crippen molar-refractivity contribution in [2.24, 2.45) is 5.92 Å². The molecule has 1 amide bonds. The SMILES string of the molecule is CC(C)c1ccc(C(=O)C2C(=O)C(=O)N(c3ccc(CNS(C)(=O)=O)nn3)C2c2ccc(CC(F)(F)F)cc2)cc1. The number of amides is 1. The zero-order valence-corrected chi connectivity index (χ0v) is 23.2. The lowest BCUT2D eigenvalue weighted by Crippen LogP contribution is -2.31. The number of nitrogens with one attached hydrogen (secondary N) is 1. The molecule has 0 aliphatic carbocycles. The summed E-state index contributed by atoms with van der Waals surface area (Å²) in [5.41, 5.74) is 1.63. The number of alkyl halides is 3. The van der Waals surface area contributed by atoms with Gasteiger partial charge < -0.3 is 0 Å². The fourth-order valence-corrected chi connectivity index (χ4v) is 4.99. The molecule has 41 heavy (non-hydrogen) atoms. The van der Waals surface area contributed by atoms with E-state index in [9.17, 15) is 36.0 Å². The summed E-state index contributed by atoms with van der Waals surface area (Å²) in [4.78, 5) is 41.3. The van der Waals surface area contributed by atoms with Crippen LogP contribution in [0.25, 0.3) is 0 Å². The standard InChI is InChI=1S/C28H27F3N4O5S/c1-16(2)18-8-10-20(11-9-18)25(36)23-24(19-6-4-17(5-7-19)14-28(29,30)31)35(27(38)26(23)37)22-13-12-21(33-34-22)15-32-41(3,39)40/h4-13,16,23-24,32H,14-15H2,1-3H3. The molecule has 13 heteroatoms. The van der Waals surface area contributed by atoms with Gasteiger partial charge in [-0.05, 0) is 34.7 Å². The minimum Gasteiger partial charge on any atom is -0.293 e. The van der Waals surface area contributed by atoms with Gasteiger partial charge in [0.1, 0.15) is 5.92 Å². The molecule has 0 spiro atoms. The Bertz CT molecular complexity index is 1560. The van der Waals surface area contributed by atoms with Crippen molar-refractivity contribution in [3.63, 3.8) is 0 Å². The second kappa shape index (κ2) is 11.5. The molecule has 2 heterocycles. The van der Waals surface area contributed by atoms with Crippen LogP contribution in [0.1, 0.15) is 58.5 Å². The molecule has 2 atom stereocenters. The summed E-state index contributed by atoms with van der Waals surface area (Å²) >= 11 is 0. The average molecular weight is 589 g/mol. The average Bonchev–Trinajstić information content (AvgIpc) is 3.16. The van der Waals surface area contributed by atoms with E-state index in [1.54, 1.807) is 24.3 Å². The van der Waals surface area contributed by atoms with Gasteiger partial charge in [0.05, 0.1) is 31.0 Å². The number of halogens is 3. The summed E-state index contributed by atoms with van der Waals surface area (Å²) in [6, 6.07) is 13.4. The summed E-state index contributed by atoms with van der Waals surface area (Å²) in [5.74, 6) is -4.01. The first-order valence-electron chi connectivity index (χ1n) is 12.6. The fraction of sp³-hybridized carbons (Fsp3) is 0.321. The molecule has 3 aromatic rings. The predicted octanol–water partition coefficient (Wildman–Crippen LogP) is 3.91. The van der Waals surface area contributed by atoms with Crippen molar-refractivity contribution in [2.75, 3.05) is 11.2 Å². The number of benzene rings is 2. The van der Waals surface area contributed by atoms with Gasteiger partial charge in [0.15, 0.2) is 11.6 Å². The molecule has 1 saturated heterocycles. The van der Waals surface area contributed by atoms with E-state index in [-0.39, 0.29) is 40.7 Å². The van der Waals surface area contributed by atoms with Gasteiger partial charge in [0.25, 0.3) is 5.91 Å². The number of hydrogen-bond donors (Lipinski definition) is 1. The van der Waals surface area contributed by atoms with Crippen LogP contribution in [0.5, 0.6) is 0 Å². The summed E-state index contributed by atoms with van der Waals surface area (Å²) in [6.07, 6.45) is -4.63. The Morgan fingerprint density at radius 3 is 2.12 bits per heavy atom. The summed E-state index contributed by atoms with van der Waals surface area (Å²) < 4.78 is 63.8. The molecule has 1 aliphatic rings. The monoisotopic (exact) mass is 588 g/mol. The Morgan fingerprint density at radius 1 is 0.976 bits per heavy atom. The maximum absolute atomic E-state index is 13.7. The van der Waals surface area contributed by atoms with Crippen molar-refractivity contribution in [3.05, 3.63) is 88.6 Å². The molecular weight excluding hydrogens is 561 g/mol. The highest BCUT2D eigenvalue weighted by atomic mass is 32.2.